The molecule has 0 amide bonds. The van der Waals surface area contributed by atoms with Gasteiger partial charge >= 0.3 is 12.1 Å². The van der Waals surface area contributed by atoms with Gasteiger partial charge in [0.2, 0.25) is 0 Å². The maximum absolute atomic E-state index is 12.4. The monoisotopic (exact) mass is 249 g/mol. The van der Waals surface area contributed by atoms with Gasteiger partial charge in [0.15, 0.2) is 0 Å². The Hall–Kier alpha value is -1.79. The van der Waals surface area contributed by atoms with Crippen molar-refractivity contribution in [3.05, 3.63) is 34.2 Å². The first-order chi connectivity index (χ1) is 7.77. The lowest BCUT2D eigenvalue weighted by molar-refractivity contribution is -0.142. The zero-order valence-electron chi connectivity index (χ0n) is 8.86. The summed E-state index contributed by atoms with van der Waals surface area (Å²) in [5.41, 5.74) is -1.82. The van der Waals surface area contributed by atoms with E-state index in [0.717, 1.165) is 0 Å². The molecule has 1 rings (SSSR count). The summed E-state index contributed by atoms with van der Waals surface area (Å²) >= 11 is 0. The number of hydrogen-bond acceptors (Lipinski definition) is 2. The zero-order chi connectivity index (χ0) is 13.2. The van der Waals surface area contributed by atoms with Gasteiger partial charge in [-0.2, -0.15) is 13.2 Å². The number of hydrogen-bond donors (Lipinski definition) is 1. The Labute approximate surface area is 94.3 Å². The fourth-order valence-corrected chi connectivity index (χ4v) is 1.41. The number of alkyl halides is 3. The standard InChI is InChI=1S/C10H10F3NO3/c1-2-7(9(16)17)14-5-6(10(11,12)13)3-4-8(14)15/h3-5,7H,2H2,1H3,(H,16,17). The molecule has 1 atom stereocenters. The summed E-state index contributed by atoms with van der Waals surface area (Å²) in [4.78, 5) is 22.1. The summed E-state index contributed by atoms with van der Waals surface area (Å²) in [5, 5.41) is 8.80. The van der Waals surface area contributed by atoms with E-state index in [1.54, 1.807) is 0 Å². The summed E-state index contributed by atoms with van der Waals surface area (Å²) in [5.74, 6) is -1.34. The lowest BCUT2D eigenvalue weighted by atomic mass is 10.2. The van der Waals surface area contributed by atoms with Crippen LogP contribution in [0.5, 0.6) is 0 Å². The lowest BCUT2D eigenvalue weighted by Crippen LogP contribution is -2.29. The number of rotatable bonds is 3. The molecule has 1 aromatic heterocycles. The average Bonchev–Trinajstić information content (AvgIpc) is 2.19. The molecule has 1 N–H and O–H groups in total. The number of aromatic nitrogens is 1. The van der Waals surface area contributed by atoms with Gasteiger partial charge in [-0.1, -0.05) is 6.92 Å². The van der Waals surface area contributed by atoms with Gasteiger partial charge < -0.3 is 9.67 Å². The van der Waals surface area contributed by atoms with Crippen molar-refractivity contribution >= 4 is 5.97 Å². The minimum Gasteiger partial charge on any atom is -0.480 e. The molecule has 4 nitrogen and oxygen atoms in total. The first kappa shape index (κ1) is 13.3. The molecule has 17 heavy (non-hydrogen) atoms. The van der Waals surface area contributed by atoms with Crippen molar-refractivity contribution in [1.82, 2.24) is 4.57 Å². The molecule has 0 aliphatic carbocycles. The third kappa shape index (κ3) is 2.86. The first-order valence-electron chi connectivity index (χ1n) is 4.79. The Morgan fingerprint density at radius 3 is 2.47 bits per heavy atom. The molecule has 0 saturated carbocycles. The predicted molar refractivity (Wildman–Crippen MR) is 52.7 cm³/mol. The molecule has 94 valence electrons. The van der Waals surface area contributed by atoms with E-state index in [4.69, 9.17) is 5.11 Å². The van der Waals surface area contributed by atoms with E-state index >= 15 is 0 Å². The molecule has 1 heterocycles. The van der Waals surface area contributed by atoms with Crippen molar-refractivity contribution in [3.8, 4) is 0 Å². The van der Waals surface area contributed by atoms with Crippen molar-refractivity contribution in [1.29, 1.82) is 0 Å². The van der Waals surface area contributed by atoms with Crippen LogP contribution in [0, 0.1) is 0 Å². The highest BCUT2D eigenvalue weighted by Gasteiger charge is 2.32. The molecule has 0 aromatic carbocycles. The molecule has 0 fully saturated rings. The molecule has 1 unspecified atom stereocenters. The van der Waals surface area contributed by atoms with Crippen LogP contribution in [0.1, 0.15) is 24.9 Å². The Bertz CT molecular complexity index is 478. The summed E-state index contributed by atoms with van der Waals surface area (Å²) < 4.78 is 37.8. The number of carboxylic acids is 1. The van der Waals surface area contributed by atoms with Crippen molar-refractivity contribution in [2.75, 3.05) is 0 Å². The van der Waals surface area contributed by atoms with Gasteiger partial charge in [-0.15, -0.1) is 0 Å². The van der Waals surface area contributed by atoms with Gasteiger partial charge in [-0.3, -0.25) is 4.79 Å². The molecule has 0 radical (unpaired) electrons. The second kappa shape index (κ2) is 4.60. The molecule has 0 saturated heterocycles. The van der Waals surface area contributed by atoms with E-state index in [9.17, 15) is 22.8 Å². The third-order valence-corrected chi connectivity index (χ3v) is 2.27. The van der Waals surface area contributed by atoms with Crippen molar-refractivity contribution < 1.29 is 23.1 Å². The molecule has 0 aliphatic heterocycles. The lowest BCUT2D eigenvalue weighted by Gasteiger charge is -2.15. The fraction of sp³-hybridized carbons (Fsp3) is 0.400. The highest BCUT2D eigenvalue weighted by Crippen LogP contribution is 2.28. The van der Waals surface area contributed by atoms with Gasteiger partial charge in [-0.05, 0) is 12.5 Å². The second-order valence-electron chi connectivity index (χ2n) is 3.42. The van der Waals surface area contributed by atoms with Crippen LogP contribution in [-0.4, -0.2) is 15.6 Å². The minimum atomic E-state index is -4.60. The quantitative estimate of drug-likeness (QED) is 0.890. The van der Waals surface area contributed by atoms with Crippen molar-refractivity contribution in [2.45, 2.75) is 25.6 Å². The number of carbonyl (C=O) groups is 1. The van der Waals surface area contributed by atoms with Crippen LogP contribution in [0.25, 0.3) is 0 Å². The largest absolute Gasteiger partial charge is 0.480 e. The maximum atomic E-state index is 12.4. The van der Waals surface area contributed by atoms with Crippen LogP contribution in [0.15, 0.2) is 23.1 Å². The summed E-state index contributed by atoms with van der Waals surface area (Å²) in [6, 6.07) is 0.0618. The zero-order valence-corrected chi connectivity index (χ0v) is 8.86. The smallest absolute Gasteiger partial charge is 0.417 e. The van der Waals surface area contributed by atoms with E-state index in [2.05, 4.69) is 0 Å². The third-order valence-electron chi connectivity index (χ3n) is 2.27. The first-order valence-corrected chi connectivity index (χ1v) is 4.79. The van der Waals surface area contributed by atoms with E-state index in [0.29, 0.717) is 22.9 Å². The molecule has 1 aromatic rings. The summed E-state index contributed by atoms with van der Waals surface area (Å²) in [6.07, 6.45) is -4.05. The highest BCUT2D eigenvalue weighted by molar-refractivity contribution is 5.71. The van der Waals surface area contributed by atoms with Gasteiger partial charge in [0, 0.05) is 12.3 Å². The molecular formula is C10H10F3NO3. The van der Waals surface area contributed by atoms with E-state index in [1.165, 1.54) is 6.92 Å². The number of carboxylic acid groups (broad SMARTS) is 1. The summed E-state index contributed by atoms with van der Waals surface area (Å²) in [7, 11) is 0. The van der Waals surface area contributed by atoms with E-state index in [-0.39, 0.29) is 6.42 Å². The van der Waals surface area contributed by atoms with Crippen LogP contribution < -0.4 is 5.56 Å². The Morgan fingerprint density at radius 1 is 1.47 bits per heavy atom. The molecule has 0 aliphatic rings. The van der Waals surface area contributed by atoms with E-state index in [1.807, 2.05) is 0 Å². The average molecular weight is 249 g/mol. The molecule has 0 spiro atoms. The van der Waals surface area contributed by atoms with Gasteiger partial charge in [0.05, 0.1) is 5.56 Å². The maximum Gasteiger partial charge on any atom is 0.417 e. The van der Waals surface area contributed by atoms with Gasteiger partial charge in [-0.25, -0.2) is 4.79 Å². The molecular weight excluding hydrogens is 239 g/mol. The summed E-state index contributed by atoms with van der Waals surface area (Å²) in [6.45, 7) is 1.48. The minimum absolute atomic E-state index is 0.0244. The van der Waals surface area contributed by atoms with Crippen LogP contribution >= 0.6 is 0 Å². The van der Waals surface area contributed by atoms with Crippen LogP contribution in [0.4, 0.5) is 13.2 Å². The van der Waals surface area contributed by atoms with Crippen LogP contribution in [-0.2, 0) is 11.0 Å². The highest BCUT2D eigenvalue weighted by atomic mass is 19.4. The topological polar surface area (TPSA) is 59.3 Å². The number of aliphatic carboxylic acids is 1. The van der Waals surface area contributed by atoms with Crippen molar-refractivity contribution in [2.24, 2.45) is 0 Å². The SMILES string of the molecule is CCC(C(=O)O)n1cc(C(F)(F)F)ccc1=O. The van der Waals surface area contributed by atoms with Gasteiger partial charge in [0.1, 0.15) is 6.04 Å². The number of nitrogens with zero attached hydrogens (tertiary/aromatic N) is 1. The molecule has 0 bridgehead atoms. The van der Waals surface area contributed by atoms with Crippen molar-refractivity contribution in [3.63, 3.8) is 0 Å². The normalized spacial score (nSPS) is 13.4. The Morgan fingerprint density at radius 2 is 2.06 bits per heavy atom. The van der Waals surface area contributed by atoms with Gasteiger partial charge in [0.25, 0.3) is 5.56 Å². The van der Waals surface area contributed by atoms with E-state index < -0.39 is 29.3 Å². The van der Waals surface area contributed by atoms with Crippen LogP contribution in [0.3, 0.4) is 0 Å². The number of pyridine rings is 1. The van der Waals surface area contributed by atoms with Crippen LogP contribution in [0.2, 0.25) is 0 Å². The predicted octanol–water partition coefficient (Wildman–Crippen LogP) is 1.90. The Kier molecular flexibility index (Phi) is 3.59. The Balaban J connectivity index is 3.33. The second-order valence-corrected chi connectivity index (χ2v) is 3.42. The number of halogens is 3. The molecule has 7 heteroatoms. The fourth-order valence-electron chi connectivity index (χ4n) is 1.41.